The van der Waals surface area contributed by atoms with E-state index in [-0.39, 0.29) is 35.3 Å². The topological polar surface area (TPSA) is 77.0 Å². The lowest BCUT2D eigenvalue weighted by atomic mass is 9.98. The van der Waals surface area contributed by atoms with Gasteiger partial charge >= 0.3 is 0 Å². The standard InChI is InChI=1S/C17H35N5O2S2.HI/c1-17(2,21-8-5-4-6-9-21)15-20-16(18-3)19-7-14-26(23,24)22-10-12-25-13-11-22;/h4-15H2,1-3H3,(H2,18,19,20);1H. The summed E-state index contributed by atoms with van der Waals surface area (Å²) >= 11 is 1.81. The number of hydrogen-bond donors (Lipinski definition) is 2. The Morgan fingerprint density at radius 2 is 1.70 bits per heavy atom. The van der Waals surface area contributed by atoms with E-state index >= 15 is 0 Å². The van der Waals surface area contributed by atoms with Crippen molar-refractivity contribution in [3.63, 3.8) is 0 Å². The SMILES string of the molecule is CN=C(NCCS(=O)(=O)N1CCSCC1)NCC(C)(C)N1CCCCC1.I. The van der Waals surface area contributed by atoms with Crippen LogP contribution in [0.25, 0.3) is 0 Å². The minimum atomic E-state index is -3.18. The summed E-state index contributed by atoms with van der Waals surface area (Å²) in [6, 6.07) is 0. The molecule has 2 aliphatic rings. The Hall–Kier alpha value is 0.220. The quantitative estimate of drug-likeness (QED) is 0.293. The van der Waals surface area contributed by atoms with E-state index in [2.05, 4.69) is 34.4 Å². The molecule has 160 valence electrons. The van der Waals surface area contributed by atoms with E-state index in [4.69, 9.17) is 0 Å². The molecule has 2 saturated heterocycles. The highest BCUT2D eigenvalue weighted by Gasteiger charge is 2.28. The Balaban J connectivity index is 0.00000364. The van der Waals surface area contributed by atoms with Gasteiger partial charge in [-0.25, -0.2) is 12.7 Å². The summed E-state index contributed by atoms with van der Waals surface area (Å²) in [5, 5.41) is 6.51. The van der Waals surface area contributed by atoms with Crippen LogP contribution in [0.1, 0.15) is 33.1 Å². The zero-order chi connectivity index (χ0) is 19.0. The molecule has 0 aliphatic carbocycles. The van der Waals surface area contributed by atoms with Crippen LogP contribution in [0.5, 0.6) is 0 Å². The van der Waals surface area contributed by atoms with Gasteiger partial charge in [0, 0.05) is 50.3 Å². The van der Waals surface area contributed by atoms with Crippen molar-refractivity contribution in [3.8, 4) is 0 Å². The molecule has 10 heteroatoms. The maximum absolute atomic E-state index is 12.4. The lowest BCUT2D eigenvalue weighted by Gasteiger charge is -2.41. The Morgan fingerprint density at radius 3 is 2.30 bits per heavy atom. The Bertz CT molecular complexity index is 560. The zero-order valence-corrected chi connectivity index (χ0v) is 20.8. The largest absolute Gasteiger partial charge is 0.355 e. The monoisotopic (exact) mass is 533 g/mol. The third-order valence-electron chi connectivity index (χ3n) is 5.14. The number of nitrogens with zero attached hydrogens (tertiary/aromatic N) is 3. The van der Waals surface area contributed by atoms with Crippen molar-refractivity contribution in [2.24, 2.45) is 4.99 Å². The van der Waals surface area contributed by atoms with Gasteiger partial charge in [-0.1, -0.05) is 6.42 Å². The van der Waals surface area contributed by atoms with Crippen molar-refractivity contribution in [2.45, 2.75) is 38.6 Å². The van der Waals surface area contributed by atoms with Crippen molar-refractivity contribution >= 4 is 51.7 Å². The Morgan fingerprint density at radius 1 is 1.07 bits per heavy atom. The molecule has 0 amide bonds. The van der Waals surface area contributed by atoms with Crippen LogP contribution in [0.4, 0.5) is 0 Å². The van der Waals surface area contributed by atoms with Gasteiger partial charge in [0.2, 0.25) is 10.0 Å². The molecular formula is C17H36IN5O2S2. The van der Waals surface area contributed by atoms with Gasteiger partial charge < -0.3 is 10.6 Å². The van der Waals surface area contributed by atoms with Gasteiger partial charge in [-0.15, -0.1) is 24.0 Å². The van der Waals surface area contributed by atoms with E-state index in [1.165, 1.54) is 19.3 Å². The van der Waals surface area contributed by atoms with Crippen LogP contribution in [-0.2, 0) is 10.0 Å². The maximum atomic E-state index is 12.4. The summed E-state index contributed by atoms with van der Waals surface area (Å²) in [7, 11) is -1.46. The molecule has 2 rings (SSSR count). The van der Waals surface area contributed by atoms with Crippen molar-refractivity contribution in [1.82, 2.24) is 19.8 Å². The van der Waals surface area contributed by atoms with Gasteiger partial charge in [-0.3, -0.25) is 9.89 Å². The van der Waals surface area contributed by atoms with Crippen LogP contribution in [0.15, 0.2) is 4.99 Å². The average Bonchev–Trinajstić information content (AvgIpc) is 2.66. The first-order chi connectivity index (χ1) is 12.3. The third kappa shape index (κ3) is 8.23. The second kappa shape index (κ2) is 12.0. The van der Waals surface area contributed by atoms with Crippen molar-refractivity contribution < 1.29 is 8.42 Å². The predicted octanol–water partition coefficient (Wildman–Crippen LogP) is 1.41. The van der Waals surface area contributed by atoms with Crippen molar-refractivity contribution in [2.75, 3.05) is 63.6 Å². The summed E-state index contributed by atoms with van der Waals surface area (Å²) in [5.74, 6) is 2.55. The molecule has 2 fully saturated rings. The van der Waals surface area contributed by atoms with E-state index in [0.29, 0.717) is 25.6 Å². The molecule has 27 heavy (non-hydrogen) atoms. The Kier molecular flexibility index (Phi) is 11.3. The fourth-order valence-corrected chi connectivity index (χ4v) is 5.88. The predicted molar refractivity (Wildman–Crippen MR) is 127 cm³/mol. The van der Waals surface area contributed by atoms with E-state index in [1.807, 2.05) is 11.8 Å². The number of rotatable bonds is 7. The van der Waals surface area contributed by atoms with Crippen LogP contribution < -0.4 is 10.6 Å². The number of likely N-dealkylation sites (tertiary alicyclic amines) is 1. The second-order valence-electron chi connectivity index (χ2n) is 7.54. The first-order valence-electron chi connectivity index (χ1n) is 9.60. The van der Waals surface area contributed by atoms with Crippen LogP contribution >= 0.6 is 35.7 Å². The van der Waals surface area contributed by atoms with Crippen molar-refractivity contribution in [1.29, 1.82) is 0 Å². The minimum absolute atomic E-state index is 0. The number of nitrogens with one attached hydrogen (secondary N) is 2. The van der Waals surface area contributed by atoms with Crippen LogP contribution in [0.2, 0.25) is 0 Å². The van der Waals surface area contributed by atoms with Gasteiger partial charge in [0.25, 0.3) is 0 Å². The zero-order valence-electron chi connectivity index (χ0n) is 16.9. The lowest BCUT2D eigenvalue weighted by Crippen LogP contribution is -2.55. The first-order valence-corrected chi connectivity index (χ1v) is 12.4. The first kappa shape index (κ1) is 25.3. The summed E-state index contributed by atoms with van der Waals surface area (Å²) < 4.78 is 26.4. The number of guanidine groups is 1. The van der Waals surface area contributed by atoms with Crippen LogP contribution in [0.3, 0.4) is 0 Å². The average molecular weight is 534 g/mol. The molecule has 0 bridgehead atoms. The van der Waals surface area contributed by atoms with Crippen LogP contribution in [-0.4, -0.2) is 92.7 Å². The molecule has 0 radical (unpaired) electrons. The molecule has 0 aromatic carbocycles. The molecule has 0 atom stereocenters. The molecule has 0 spiro atoms. The number of sulfonamides is 1. The fraction of sp³-hybridized carbons (Fsp3) is 0.941. The molecule has 2 N–H and O–H groups in total. The summed E-state index contributed by atoms with van der Waals surface area (Å²) in [4.78, 5) is 6.76. The fourth-order valence-electron chi connectivity index (χ4n) is 3.38. The van der Waals surface area contributed by atoms with E-state index in [0.717, 1.165) is 31.1 Å². The van der Waals surface area contributed by atoms with Crippen molar-refractivity contribution in [3.05, 3.63) is 0 Å². The minimum Gasteiger partial charge on any atom is -0.355 e. The lowest BCUT2D eigenvalue weighted by molar-refractivity contribution is 0.0982. The highest BCUT2D eigenvalue weighted by atomic mass is 127. The van der Waals surface area contributed by atoms with Gasteiger partial charge in [0.05, 0.1) is 5.75 Å². The third-order valence-corrected chi connectivity index (χ3v) is 7.95. The molecule has 0 saturated carbocycles. The number of hydrogen-bond acceptors (Lipinski definition) is 5. The highest BCUT2D eigenvalue weighted by molar-refractivity contribution is 14.0. The normalized spacial score (nSPS) is 20.8. The van der Waals surface area contributed by atoms with E-state index < -0.39 is 10.0 Å². The molecule has 0 aromatic rings. The Labute approximate surface area is 186 Å². The van der Waals surface area contributed by atoms with Gasteiger partial charge in [-0.2, -0.15) is 11.8 Å². The molecule has 2 aliphatic heterocycles. The van der Waals surface area contributed by atoms with Gasteiger partial charge in [0.15, 0.2) is 5.96 Å². The van der Waals surface area contributed by atoms with E-state index in [9.17, 15) is 8.42 Å². The smallest absolute Gasteiger partial charge is 0.215 e. The van der Waals surface area contributed by atoms with E-state index in [1.54, 1.807) is 11.4 Å². The summed E-state index contributed by atoms with van der Waals surface area (Å²) in [6.07, 6.45) is 3.86. The number of piperidine rings is 1. The molecular weight excluding hydrogens is 497 g/mol. The van der Waals surface area contributed by atoms with Gasteiger partial charge in [-0.05, 0) is 39.8 Å². The molecule has 0 unspecified atom stereocenters. The van der Waals surface area contributed by atoms with Gasteiger partial charge in [0.1, 0.15) is 0 Å². The van der Waals surface area contributed by atoms with Crippen LogP contribution in [0, 0.1) is 0 Å². The highest BCUT2D eigenvalue weighted by Crippen LogP contribution is 2.19. The maximum Gasteiger partial charge on any atom is 0.215 e. The molecule has 2 heterocycles. The number of thioether (sulfide) groups is 1. The molecule has 7 nitrogen and oxygen atoms in total. The summed E-state index contributed by atoms with van der Waals surface area (Å²) in [5.41, 5.74) is 0.0512. The summed E-state index contributed by atoms with van der Waals surface area (Å²) in [6.45, 7) is 9.20. The number of halogens is 1. The molecule has 0 aromatic heterocycles. The second-order valence-corrected chi connectivity index (χ2v) is 10.9. The number of aliphatic imine (C=N–C) groups is 1.